The van der Waals surface area contributed by atoms with Gasteiger partial charge in [-0.2, -0.15) is 0 Å². The van der Waals surface area contributed by atoms with E-state index in [1.165, 1.54) is 7.11 Å². The zero-order chi connectivity index (χ0) is 9.84. The maximum Gasteiger partial charge on any atom is 0.316 e. The Morgan fingerprint density at radius 3 is 3.00 bits per heavy atom. The molecule has 0 saturated heterocycles. The van der Waals surface area contributed by atoms with Crippen LogP contribution in [0.4, 0.5) is 0 Å². The van der Waals surface area contributed by atoms with Crippen molar-refractivity contribution in [2.45, 2.75) is 26.3 Å². The number of hydrogen-bond donors (Lipinski definition) is 0. The second-order valence-corrected chi connectivity index (χ2v) is 2.82. The van der Waals surface area contributed by atoms with E-state index >= 15 is 0 Å². The van der Waals surface area contributed by atoms with Crippen molar-refractivity contribution in [1.29, 1.82) is 0 Å². The molecule has 13 heavy (non-hydrogen) atoms. The molecule has 0 spiro atoms. The summed E-state index contributed by atoms with van der Waals surface area (Å²) >= 11 is 0. The van der Waals surface area contributed by atoms with Gasteiger partial charge in [0.2, 0.25) is 0 Å². The van der Waals surface area contributed by atoms with E-state index in [4.69, 9.17) is 0 Å². The van der Waals surface area contributed by atoms with Crippen LogP contribution in [-0.4, -0.2) is 22.6 Å². The van der Waals surface area contributed by atoms with E-state index in [9.17, 15) is 4.79 Å². The maximum atomic E-state index is 11.2. The van der Waals surface area contributed by atoms with Gasteiger partial charge in [-0.1, -0.05) is 0 Å². The van der Waals surface area contributed by atoms with Crippen LogP contribution in [0.25, 0.3) is 0 Å². The van der Waals surface area contributed by atoms with E-state index in [0.29, 0.717) is 0 Å². The number of rotatable bonds is 3. The largest absolute Gasteiger partial charge is 0.468 e. The standard InChI is InChI=1S/C9H14N2O2/c1-4-11-6-5-10-8(11)7(2)9(12)13-3/h5-7H,4H2,1-3H3. The highest BCUT2D eigenvalue weighted by molar-refractivity contribution is 5.76. The van der Waals surface area contributed by atoms with E-state index < -0.39 is 0 Å². The summed E-state index contributed by atoms with van der Waals surface area (Å²) in [4.78, 5) is 15.3. The quantitative estimate of drug-likeness (QED) is 0.659. The molecule has 0 fully saturated rings. The number of hydrogen-bond acceptors (Lipinski definition) is 3. The Labute approximate surface area is 77.5 Å². The zero-order valence-corrected chi connectivity index (χ0v) is 8.15. The van der Waals surface area contributed by atoms with Gasteiger partial charge in [0.05, 0.1) is 7.11 Å². The van der Waals surface area contributed by atoms with Crippen LogP contribution in [-0.2, 0) is 16.1 Å². The van der Waals surface area contributed by atoms with Crippen molar-refractivity contribution in [3.63, 3.8) is 0 Å². The van der Waals surface area contributed by atoms with Crippen LogP contribution in [0.5, 0.6) is 0 Å². The molecule has 1 atom stereocenters. The number of carbonyl (C=O) groups excluding carboxylic acids is 1. The van der Waals surface area contributed by atoms with Crippen molar-refractivity contribution in [3.8, 4) is 0 Å². The summed E-state index contributed by atoms with van der Waals surface area (Å²) in [5, 5.41) is 0. The van der Waals surface area contributed by atoms with Crippen molar-refractivity contribution in [2.24, 2.45) is 0 Å². The minimum absolute atomic E-state index is 0.249. The lowest BCUT2D eigenvalue weighted by molar-refractivity contribution is -0.142. The highest BCUT2D eigenvalue weighted by Gasteiger charge is 2.19. The molecule has 1 unspecified atom stereocenters. The van der Waals surface area contributed by atoms with Gasteiger partial charge in [-0.25, -0.2) is 4.98 Å². The Kier molecular flexibility index (Phi) is 3.06. The number of ether oxygens (including phenoxy) is 1. The first-order valence-corrected chi connectivity index (χ1v) is 4.29. The van der Waals surface area contributed by atoms with Crippen molar-refractivity contribution >= 4 is 5.97 Å². The molecule has 4 heteroatoms. The number of methoxy groups -OCH3 is 1. The number of carbonyl (C=O) groups is 1. The number of imidazole rings is 1. The normalized spacial score (nSPS) is 12.5. The monoisotopic (exact) mass is 182 g/mol. The third-order valence-corrected chi connectivity index (χ3v) is 2.03. The molecule has 0 N–H and O–H groups in total. The van der Waals surface area contributed by atoms with Crippen LogP contribution in [0.15, 0.2) is 12.4 Å². The van der Waals surface area contributed by atoms with E-state index in [1.54, 1.807) is 13.1 Å². The first-order valence-electron chi connectivity index (χ1n) is 4.29. The van der Waals surface area contributed by atoms with Crippen molar-refractivity contribution < 1.29 is 9.53 Å². The van der Waals surface area contributed by atoms with Crippen LogP contribution in [0.1, 0.15) is 25.6 Å². The lowest BCUT2D eigenvalue weighted by Crippen LogP contribution is -2.15. The van der Waals surface area contributed by atoms with Gasteiger partial charge in [0.1, 0.15) is 11.7 Å². The third-order valence-electron chi connectivity index (χ3n) is 2.03. The van der Waals surface area contributed by atoms with Crippen LogP contribution >= 0.6 is 0 Å². The van der Waals surface area contributed by atoms with Crippen LogP contribution in [0.3, 0.4) is 0 Å². The van der Waals surface area contributed by atoms with Gasteiger partial charge >= 0.3 is 5.97 Å². The smallest absolute Gasteiger partial charge is 0.316 e. The Hall–Kier alpha value is -1.32. The summed E-state index contributed by atoms with van der Waals surface area (Å²) in [5.74, 6) is 0.218. The molecule has 0 amide bonds. The van der Waals surface area contributed by atoms with Gasteiger partial charge in [-0.05, 0) is 13.8 Å². The summed E-state index contributed by atoms with van der Waals surface area (Å²) in [6, 6.07) is 0. The maximum absolute atomic E-state index is 11.2. The molecule has 1 aromatic heterocycles. The molecule has 0 aliphatic heterocycles. The third kappa shape index (κ3) is 1.88. The molecule has 0 aliphatic rings. The molecule has 4 nitrogen and oxygen atoms in total. The average molecular weight is 182 g/mol. The fraction of sp³-hybridized carbons (Fsp3) is 0.556. The molecule has 0 aromatic carbocycles. The summed E-state index contributed by atoms with van der Waals surface area (Å²) in [6.45, 7) is 4.62. The average Bonchev–Trinajstić information content (AvgIpc) is 2.62. The first kappa shape index (κ1) is 9.77. The van der Waals surface area contributed by atoms with E-state index in [0.717, 1.165) is 12.4 Å². The Balaban J connectivity index is 2.87. The molecule has 0 radical (unpaired) electrons. The van der Waals surface area contributed by atoms with Gasteiger partial charge < -0.3 is 9.30 Å². The summed E-state index contributed by atoms with van der Waals surface area (Å²) in [7, 11) is 1.39. The molecule has 1 aromatic rings. The molecule has 0 saturated carbocycles. The van der Waals surface area contributed by atoms with E-state index in [2.05, 4.69) is 9.72 Å². The molecule has 0 aliphatic carbocycles. The van der Waals surface area contributed by atoms with Gasteiger partial charge in [0.15, 0.2) is 0 Å². The Morgan fingerprint density at radius 2 is 2.46 bits per heavy atom. The Bertz CT molecular complexity index is 294. The van der Waals surface area contributed by atoms with Crippen LogP contribution in [0, 0.1) is 0 Å². The molecular weight excluding hydrogens is 168 g/mol. The van der Waals surface area contributed by atoms with Crippen molar-refractivity contribution in [3.05, 3.63) is 18.2 Å². The lowest BCUT2D eigenvalue weighted by atomic mass is 10.2. The first-order chi connectivity index (χ1) is 6.20. The number of esters is 1. The minimum Gasteiger partial charge on any atom is -0.468 e. The summed E-state index contributed by atoms with van der Waals surface area (Å²) in [5.41, 5.74) is 0. The number of aromatic nitrogens is 2. The molecule has 1 rings (SSSR count). The SMILES string of the molecule is CCn1ccnc1C(C)C(=O)OC. The minimum atomic E-state index is -0.292. The molecular formula is C9H14N2O2. The molecule has 0 bridgehead atoms. The summed E-state index contributed by atoms with van der Waals surface area (Å²) < 4.78 is 6.58. The van der Waals surface area contributed by atoms with E-state index in [-0.39, 0.29) is 11.9 Å². The lowest BCUT2D eigenvalue weighted by Gasteiger charge is -2.10. The second kappa shape index (κ2) is 4.07. The predicted molar refractivity (Wildman–Crippen MR) is 48.3 cm³/mol. The highest BCUT2D eigenvalue weighted by Crippen LogP contribution is 2.14. The number of nitrogens with zero attached hydrogens (tertiary/aromatic N) is 2. The van der Waals surface area contributed by atoms with Crippen LogP contribution in [0.2, 0.25) is 0 Å². The fourth-order valence-corrected chi connectivity index (χ4v) is 1.25. The predicted octanol–water partition coefficient (Wildman–Crippen LogP) is 1.18. The second-order valence-electron chi connectivity index (χ2n) is 2.82. The Morgan fingerprint density at radius 1 is 1.77 bits per heavy atom. The van der Waals surface area contributed by atoms with Crippen LogP contribution < -0.4 is 0 Å². The fourth-order valence-electron chi connectivity index (χ4n) is 1.25. The summed E-state index contributed by atoms with van der Waals surface area (Å²) in [6.07, 6.45) is 3.55. The topological polar surface area (TPSA) is 44.1 Å². The van der Waals surface area contributed by atoms with Crippen molar-refractivity contribution in [1.82, 2.24) is 9.55 Å². The highest BCUT2D eigenvalue weighted by atomic mass is 16.5. The number of aryl methyl sites for hydroxylation is 1. The van der Waals surface area contributed by atoms with Gasteiger partial charge in [-0.15, -0.1) is 0 Å². The van der Waals surface area contributed by atoms with Gasteiger partial charge in [0, 0.05) is 18.9 Å². The van der Waals surface area contributed by atoms with Gasteiger partial charge in [-0.3, -0.25) is 4.79 Å². The van der Waals surface area contributed by atoms with Crippen molar-refractivity contribution in [2.75, 3.05) is 7.11 Å². The van der Waals surface area contributed by atoms with Gasteiger partial charge in [0.25, 0.3) is 0 Å². The van der Waals surface area contributed by atoms with E-state index in [1.807, 2.05) is 17.7 Å². The molecule has 1 heterocycles. The molecule has 72 valence electrons. The zero-order valence-electron chi connectivity index (χ0n) is 8.15.